The lowest BCUT2D eigenvalue weighted by molar-refractivity contribution is 0.907. The highest BCUT2D eigenvalue weighted by Gasteiger charge is 2.11. The zero-order chi connectivity index (χ0) is 13.1. The first kappa shape index (κ1) is 12.8. The third-order valence-corrected chi connectivity index (χ3v) is 3.38. The maximum Gasteiger partial charge on any atom is 0.194 e. The number of rotatable bonds is 3. The van der Waals surface area contributed by atoms with Gasteiger partial charge in [0.05, 0.1) is 0 Å². The second kappa shape index (κ2) is 5.30. The third-order valence-electron chi connectivity index (χ3n) is 2.41. The molecule has 1 N–H and O–H groups in total. The van der Waals surface area contributed by atoms with Gasteiger partial charge < -0.3 is 5.32 Å². The van der Waals surface area contributed by atoms with Crippen molar-refractivity contribution >= 4 is 17.6 Å². The van der Waals surface area contributed by atoms with Crippen LogP contribution in [0.4, 0.5) is 5.82 Å². The van der Waals surface area contributed by atoms with Gasteiger partial charge in [0.2, 0.25) is 0 Å². The van der Waals surface area contributed by atoms with Crippen molar-refractivity contribution in [1.29, 1.82) is 0 Å². The average Bonchev–Trinajstić information content (AvgIpc) is 2.33. The van der Waals surface area contributed by atoms with Gasteiger partial charge in [-0.05, 0) is 38.6 Å². The molecule has 2 rings (SSSR count). The molecule has 0 spiro atoms. The molecule has 0 fully saturated rings. The van der Waals surface area contributed by atoms with Crippen LogP contribution in [0.5, 0.6) is 0 Å². The van der Waals surface area contributed by atoms with Crippen LogP contribution in [0, 0.1) is 20.8 Å². The molecule has 0 aliphatic rings. The average molecular weight is 261 g/mol. The molecule has 0 atom stereocenters. The molecule has 0 aliphatic carbocycles. The van der Waals surface area contributed by atoms with Crippen LogP contribution in [0.2, 0.25) is 0 Å². The van der Waals surface area contributed by atoms with Crippen molar-refractivity contribution in [2.45, 2.75) is 31.0 Å². The summed E-state index contributed by atoms with van der Waals surface area (Å²) < 4.78 is 0. The van der Waals surface area contributed by atoms with Crippen LogP contribution in [0.15, 0.2) is 22.4 Å². The van der Waals surface area contributed by atoms with Gasteiger partial charge in [0.25, 0.3) is 0 Å². The van der Waals surface area contributed by atoms with E-state index in [1.165, 1.54) is 11.8 Å². The Morgan fingerprint density at radius 2 is 1.89 bits per heavy atom. The highest BCUT2D eigenvalue weighted by Crippen LogP contribution is 2.28. The summed E-state index contributed by atoms with van der Waals surface area (Å²) in [7, 11) is 1.85. The van der Waals surface area contributed by atoms with Gasteiger partial charge in [0, 0.05) is 24.5 Å². The minimum Gasteiger partial charge on any atom is -0.373 e. The first-order valence-corrected chi connectivity index (χ1v) is 6.42. The Morgan fingerprint density at radius 3 is 2.56 bits per heavy atom. The van der Waals surface area contributed by atoms with Crippen molar-refractivity contribution in [2.75, 3.05) is 12.4 Å². The summed E-state index contributed by atoms with van der Waals surface area (Å²) >= 11 is 1.46. The number of hydrogen-bond acceptors (Lipinski definition) is 6. The van der Waals surface area contributed by atoms with Crippen molar-refractivity contribution < 1.29 is 0 Å². The minimum absolute atomic E-state index is 0.707. The molecule has 6 heteroatoms. The van der Waals surface area contributed by atoms with Gasteiger partial charge in [-0.3, -0.25) is 0 Å². The summed E-state index contributed by atoms with van der Waals surface area (Å²) in [6.07, 6.45) is 1.76. The van der Waals surface area contributed by atoms with E-state index in [1.54, 1.807) is 6.20 Å². The molecule has 2 aromatic rings. The van der Waals surface area contributed by atoms with Gasteiger partial charge in [-0.1, -0.05) is 0 Å². The van der Waals surface area contributed by atoms with Gasteiger partial charge in [-0.2, -0.15) is 0 Å². The summed E-state index contributed by atoms with van der Waals surface area (Å²) in [6, 6.07) is 1.88. The number of aryl methyl sites for hydroxylation is 2. The first-order chi connectivity index (χ1) is 8.60. The molecular weight excluding hydrogens is 246 g/mol. The monoisotopic (exact) mass is 261 g/mol. The standard InChI is InChI=1S/C12H15N5S/c1-7-5-6-14-12(15-7)18-11-8(2)10(13-4)16-9(3)17-11/h5-6H,1-4H3,(H,13,16,17). The normalized spacial score (nSPS) is 10.4. The maximum absolute atomic E-state index is 4.44. The van der Waals surface area contributed by atoms with Crippen LogP contribution >= 0.6 is 11.8 Å². The molecule has 0 saturated heterocycles. The van der Waals surface area contributed by atoms with Crippen LogP contribution in [-0.2, 0) is 0 Å². The van der Waals surface area contributed by atoms with E-state index < -0.39 is 0 Å². The molecule has 0 bridgehead atoms. The first-order valence-electron chi connectivity index (χ1n) is 5.60. The van der Waals surface area contributed by atoms with E-state index in [1.807, 2.05) is 33.9 Å². The van der Waals surface area contributed by atoms with Gasteiger partial charge >= 0.3 is 0 Å². The fourth-order valence-corrected chi connectivity index (χ4v) is 2.41. The number of anilines is 1. The summed E-state index contributed by atoms with van der Waals surface area (Å²) in [5.41, 5.74) is 1.96. The van der Waals surface area contributed by atoms with Gasteiger partial charge in [-0.25, -0.2) is 19.9 Å². The van der Waals surface area contributed by atoms with Crippen LogP contribution < -0.4 is 5.32 Å². The van der Waals surface area contributed by atoms with Gasteiger partial charge in [0.15, 0.2) is 5.16 Å². The fourth-order valence-electron chi connectivity index (χ4n) is 1.51. The Bertz CT molecular complexity index is 570. The number of aromatic nitrogens is 4. The largest absolute Gasteiger partial charge is 0.373 e. The lowest BCUT2D eigenvalue weighted by Crippen LogP contribution is -2.02. The number of nitrogens with one attached hydrogen (secondary N) is 1. The minimum atomic E-state index is 0.707. The zero-order valence-electron chi connectivity index (χ0n) is 10.9. The smallest absolute Gasteiger partial charge is 0.194 e. The van der Waals surface area contributed by atoms with Crippen LogP contribution in [0.25, 0.3) is 0 Å². The lowest BCUT2D eigenvalue weighted by Gasteiger charge is -2.09. The Balaban J connectivity index is 2.37. The molecular formula is C12H15N5S. The van der Waals surface area contributed by atoms with Crippen LogP contribution in [0.1, 0.15) is 17.1 Å². The molecule has 0 unspecified atom stereocenters. The summed E-state index contributed by atoms with van der Waals surface area (Å²) in [6.45, 7) is 5.81. The maximum atomic E-state index is 4.44. The summed E-state index contributed by atoms with van der Waals surface area (Å²) in [4.78, 5) is 17.4. The van der Waals surface area contributed by atoms with Gasteiger partial charge in [-0.15, -0.1) is 0 Å². The highest BCUT2D eigenvalue weighted by atomic mass is 32.2. The predicted octanol–water partition coefficient (Wildman–Crippen LogP) is 2.38. The zero-order valence-corrected chi connectivity index (χ0v) is 11.7. The van der Waals surface area contributed by atoms with Crippen LogP contribution in [0.3, 0.4) is 0 Å². The molecule has 0 aliphatic heterocycles. The summed E-state index contributed by atoms with van der Waals surface area (Å²) in [5, 5.41) is 4.66. The van der Waals surface area contributed by atoms with E-state index in [2.05, 4.69) is 25.3 Å². The fraction of sp³-hybridized carbons (Fsp3) is 0.333. The Hall–Kier alpha value is -1.69. The van der Waals surface area contributed by atoms with Crippen molar-refractivity contribution in [1.82, 2.24) is 19.9 Å². The van der Waals surface area contributed by atoms with E-state index in [0.717, 1.165) is 27.9 Å². The van der Waals surface area contributed by atoms with Gasteiger partial charge in [0.1, 0.15) is 16.7 Å². The molecule has 5 nitrogen and oxygen atoms in total. The van der Waals surface area contributed by atoms with Crippen LogP contribution in [-0.4, -0.2) is 27.0 Å². The van der Waals surface area contributed by atoms with E-state index in [4.69, 9.17) is 0 Å². The number of hydrogen-bond donors (Lipinski definition) is 1. The molecule has 0 radical (unpaired) electrons. The topological polar surface area (TPSA) is 63.6 Å². The highest BCUT2D eigenvalue weighted by molar-refractivity contribution is 7.99. The molecule has 0 saturated carbocycles. The van der Waals surface area contributed by atoms with Crippen molar-refractivity contribution in [3.05, 3.63) is 29.3 Å². The van der Waals surface area contributed by atoms with Crippen molar-refractivity contribution in [3.8, 4) is 0 Å². The van der Waals surface area contributed by atoms with E-state index in [9.17, 15) is 0 Å². The van der Waals surface area contributed by atoms with E-state index >= 15 is 0 Å². The molecule has 94 valence electrons. The third kappa shape index (κ3) is 2.76. The van der Waals surface area contributed by atoms with E-state index in [0.29, 0.717) is 5.16 Å². The molecule has 0 aromatic carbocycles. The second-order valence-corrected chi connectivity index (χ2v) is 4.84. The molecule has 2 heterocycles. The lowest BCUT2D eigenvalue weighted by atomic mass is 10.3. The molecule has 2 aromatic heterocycles. The molecule has 0 amide bonds. The van der Waals surface area contributed by atoms with Crippen molar-refractivity contribution in [2.24, 2.45) is 0 Å². The Kier molecular flexibility index (Phi) is 3.76. The second-order valence-electron chi connectivity index (χ2n) is 3.88. The quantitative estimate of drug-likeness (QED) is 0.676. The summed E-state index contributed by atoms with van der Waals surface area (Å²) in [5.74, 6) is 1.58. The Morgan fingerprint density at radius 1 is 1.11 bits per heavy atom. The molecule has 18 heavy (non-hydrogen) atoms. The van der Waals surface area contributed by atoms with Crippen molar-refractivity contribution in [3.63, 3.8) is 0 Å². The Labute approximate surface area is 110 Å². The van der Waals surface area contributed by atoms with E-state index in [-0.39, 0.29) is 0 Å². The SMILES string of the molecule is CNc1nc(C)nc(Sc2nccc(C)n2)c1C. The number of nitrogens with zero attached hydrogens (tertiary/aromatic N) is 4. The predicted molar refractivity (Wildman–Crippen MR) is 71.9 cm³/mol.